The van der Waals surface area contributed by atoms with E-state index in [1.54, 1.807) is 6.92 Å². The van der Waals surface area contributed by atoms with Crippen LogP contribution < -0.4 is 0 Å². The summed E-state index contributed by atoms with van der Waals surface area (Å²) in [6, 6.07) is 8.74. The maximum Gasteiger partial charge on any atom is 0.410 e. The van der Waals surface area contributed by atoms with Crippen molar-refractivity contribution in [2.75, 3.05) is 26.0 Å². The summed E-state index contributed by atoms with van der Waals surface area (Å²) in [7, 11) is -2.32. The van der Waals surface area contributed by atoms with Crippen LogP contribution in [0.25, 0.3) is 0 Å². The van der Waals surface area contributed by atoms with Gasteiger partial charge in [-0.05, 0) is 18.9 Å². The van der Waals surface area contributed by atoms with E-state index in [-0.39, 0.29) is 18.8 Å². The molecular weight excluding hydrogens is 362 g/mol. The number of sulfone groups is 1. The van der Waals surface area contributed by atoms with Gasteiger partial charge in [0, 0.05) is 13.1 Å². The summed E-state index contributed by atoms with van der Waals surface area (Å²) in [6.45, 7) is 0.249. The zero-order valence-electron chi connectivity index (χ0n) is 15.0. The molecule has 0 radical (unpaired) electrons. The Labute approximate surface area is 153 Å². The molecule has 0 saturated heterocycles. The molecule has 3 N–H and O–H groups in total. The Morgan fingerprint density at radius 2 is 1.81 bits per heavy atom. The second-order valence-corrected chi connectivity index (χ2v) is 8.47. The Bertz CT molecular complexity index is 650. The standard InChI is InChI=1S/C17H27NO7S/c1-13(8-9-26(23,24)16(11-20)15(21)10-19)18(2)17(22)25-12-14-6-4-3-5-7-14/h3-7,13,15-16,19-21H,8-12H2,1-2H3. The van der Waals surface area contributed by atoms with E-state index in [0.717, 1.165) is 5.56 Å². The van der Waals surface area contributed by atoms with Crippen molar-refractivity contribution < 1.29 is 33.3 Å². The van der Waals surface area contributed by atoms with Gasteiger partial charge in [-0.25, -0.2) is 13.2 Å². The van der Waals surface area contributed by atoms with Gasteiger partial charge in [0.25, 0.3) is 0 Å². The highest BCUT2D eigenvalue weighted by atomic mass is 32.2. The SMILES string of the molecule is CC(CCS(=O)(=O)C(CO)C(O)CO)N(C)C(=O)OCc1ccccc1. The molecule has 1 amide bonds. The van der Waals surface area contributed by atoms with Crippen molar-refractivity contribution in [3.8, 4) is 0 Å². The van der Waals surface area contributed by atoms with Crippen LogP contribution in [-0.2, 0) is 21.2 Å². The van der Waals surface area contributed by atoms with E-state index in [1.807, 2.05) is 30.3 Å². The number of ether oxygens (including phenoxy) is 1. The number of nitrogens with zero attached hydrogens (tertiary/aromatic N) is 1. The number of aliphatic hydroxyl groups is 3. The number of carbonyl (C=O) groups is 1. The number of hydrogen-bond acceptors (Lipinski definition) is 7. The first-order valence-corrected chi connectivity index (χ1v) is 9.99. The van der Waals surface area contributed by atoms with Gasteiger partial charge in [-0.3, -0.25) is 0 Å². The molecule has 0 spiro atoms. The molecule has 0 aliphatic rings. The molecule has 1 aromatic carbocycles. The Balaban J connectivity index is 2.55. The largest absolute Gasteiger partial charge is 0.445 e. The second kappa shape index (κ2) is 10.5. The third-order valence-electron chi connectivity index (χ3n) is 4.23. The Kier molecular flexibility index (Phi) is 9.00. The van der Waals surface area contributed by atoms with Crippen LogP contribution in [0.5, 0.6) is 0 Å². The van der Waals surface area contributed by atoms with Crippen LogP contribution in [0.4, 0.5) is 4.79 Å². The van der Waals surface area contributed by atoms with Gasteiger partial charge in [-0.15, -0.1) is 0 Å². The molecule has 0 bridgehead atoms. The van der Waals surface area contributed by atoms with Crippen LogP contribution in [0, 0.1) is 0 Å². The van der Waals surface area contributed by atoms with Crippen molar-refractivity contribution in [1.29, 1.82) is 0 Å². The molecule has 1 aromatic rings. The number of carbonyl (C=O) groups excluding carboxylic acids is 1. The first kappa shape index (κ1) is 22.4. The highest BCUT2D eigenvalue weighted by Gasteiger charge is 2.32. The summed E-state index contributed by atoms with van der Waals surface area (Å²) >= 11 is 0. The van der Waals surface area contributed by atoms with E-state index < -0.39 is 46.5 Å². The van der Waals surface area contributed by atoms with Crippen molar-refractivity contribution in [3.63, 3.8) is 0 Å². The van der Waals surface area contributed by atoms with Crippen molar-refractivity contribution in [2.45, 2.75) is 37.3 Å². The molecule has 8 nitrogen and oxygen atoms in total. The fraction of sp³-hybridized carbons (Fsp3) is 0.588. The number of rotatable bonds is 10. The summed E-state index contributed by atoms with van der Waals surface area (Å²) < 4.78 is 29.6. The predicted molar refractivity (Wildman–Crippen MR) is 96.2 cm³/mol. The molecule has 26 heavy (non-hydrogen) atoms. The Morgan fingerprint density at radius 3 is 2.35 bits per heavy atom. The fourth-order valence-electron chi connectivity index (χ4n) is 2.27. The first-order chi connectivity index (χ1) is 12.2. The molecule has 0 fully saturated rings. The second-order valence-electron chi connectivity index (χ2n) is 6.13. The Hall–Kier alpha value is -1.68. The lowest BCUT2D eigenvalue weighted by atomic mass is 10.2. The van der Waals surface area contributed by atoms with Crippen LogP contribution >= 0.6 is 0 Å². The normalized spacial score (nSPS) is 15.1. The Morgan fingerprint density at radius 1 is 1.19 bits per heavy atom. The molecule has 3 unspecified atom stereocenters. The van der Waals surface area contributed by atoms with Gasteiger partial charge in [0.15, 0.2) is 9.84 Å². The smallest absolute Gasteiger partial charge is 0.410 e. The monoisotopic (exact) mass is 389 g/mol. The lowest BCUT2D eigenvalue weighted by molar-refractivity contribution is 0.0748. The maximum absolute atomic E-state index is 12.2. The number of benzene rings is 1. The lowest BCUT2D eigenvalue weighted by Crippen LogP contribution is -2.42. The molecule has 0 saturated carbocycles. The highest BCUT2D eigenvalue weighted by Crippen LogP contribution is 2.13. The molecule has 0 heterocycles. The number of aliphatic hydroxyl groups excluding tert-OH is 3. The summed E-state index contributed by atoms with van der Waals surface area (Å²) in [6.07, 6.45) is -2.02. The van der Waals surface area contributed by atoms with Crippen LogP contribution in [0.3, 0.4) is 0 Å². The van der Waals surface area contributed by atoms with E-state index in [0.29, 0.717) is 0 Å². The van der Waals surface area contributed by atoms with Gasteiger partial charge in [0.05, 0.1) is 25.1 Å². The van der Waals surface area contributed by atoms with Crippen LogP contribution in [0.2, 0.25) is 0 Å². The van der Waals surface area contributed by atoms with Crippen LogP contribution in [0.1, 0.15) is 18.9 Å². The van der Waals surface area contributed by atoms with Gasteiger partial charge in [0.1, 0.15) is 11.9 Å². The first-order valence-electron chi connectivity index (χ1n) is 8.27. The van der Waals surface area contributed by atoms with Gasteiger partial charge in [0.2, 0.25) is 0 Å². The van der Waals surface area contributed by atoms with E-state index in [4.69, 9.17) is 14.9 Å². The van der Waals surface area contributed by atoms with Gasteiger partial charge >= 0.3 is 6.09 Å². The maximum atomic E-state index is 12.2. The van der Waals surface area contributed by atoms with Crippen LogP contribution in [-0.4, -0.2) is 78.1 Å². The minimum Gasteiger partial charge on any atom is -0.445 e. The highest BCUT2D eigenvalue weighted by molar-refractivity contribution is 7.92. The van der Waals surface area contributed by atoms with Crippen molar-refractivity contribution in [2.24, 2.45) is 0 Å². The zero-order chi connectivity index (χ0) is 19.7. The zero-order valence-corrected chi connectivity index (χ0v) is 15.8. The summed E-state index contributed by atoms with van der Waals surface area (Å²) in [5, 5.41) is 26.1. The van der Waals surface area contributed by atoms with Crippen molar-refractivity contribution in [1.82, 2.24) is 4.90 Å². The molecule has 0 aromatic heterocycles. The average Bonchev–Trinajstić information content (AvgIpc) is 2.64. The molecule has 148 valence electrons. The molecular formula is C17H27NO7S. The molecule has 3 atom stereocenters. The van der Waals surface area contributed by atoms with E-state index in [1.165, 1.54) is 11.9 Å². The topological polar surface area (TPSA) is 124 Å². The third kappa shape index (κ3) is 6.56. The van der Waals surface area contributed by atoms with Gasteiger partial charge in [-0.1, -0.05) is 30.3 Å². The summed E-state index contributed by atoms with van der Waals surface area (Å²) in [4.78, 5) is 13.4. The minimum absolute atomic E-state index is 0.105. The number of amides is 1. The summed E-state index contributed by atoms with van der Waals surface area (Å²) in [5.41, 5.74) is 0.841. The van der Waals surface area contributed by atoms with Crippen LogP contribution in [0.15, 0.2) is 30.3 Å². The third-order valence-corrected chi connectivity index (χ3v) is 6.42. The molecule has 9 heteroatoms. The molecule has 1 rings (SSSR count). The van der Waals surface area contributed by atoms with Crippen molar-refractivity contribution >= 4 is 15.9 Å². The van der Waals surface area contributed by atoms with Gasteiger partial charge < -0.3 is 25.0 Å². The molecule has 0 aliphatic carbocycles. The minimum atomic E-state index is -3.83. The van der Waals surface area contributed by atoms with Gasteiger partial charge in [-0.2, -0.15) is 0 Å². The van der Waals surface area contributed by atoms with E-state index >= 15 is 0 Å². The number of hydrogen-bond donors (Lipinski definition) is 3. The fourth-order valence-corrected chi connectivity index (χ4v) is 4.04. The molecule has 0 aliphatic heterocycles. The van der Waals surface area contributed by atoms with Crippen molar-refractivity contribution in [3.05, 3.63) is 35.9 Å². The lowest BCUT2D eigenvalue weighted by Gasteiger charge is -2.25. The summed E-state index contributed by atoms with van der Waals surface area (Å²) in [5.74, 6) is -0.341. The average molecular weight is 389 g/mol. The van der Waals surface area contributed by atoms with E-state index in [2.05, 4.69) is 0 Å². The van der Waals surface area contributed by atoms with E-state index in [9.17, 15) is 18.3 Å². The quantitative estimate of drug-likeness (QED) is 0.521. The predicted octanol–water partition coefficient (Wildman–Crippen LogP) is 0.162.